The number of nitrogens with one attached hydrogen (secondary N) is 1. The smallest absolute Gasteiger partial charge is 0.279 e. The quantitative estimate of drug-likeness (QED) is 0.602. The number of hydrogen-bond donors (Lipinski definition) is 2. The molecule has 0 aliphatic carbocycles. The molecule has 6 heteroatoms. The van der Waals surface area contributed by atoms with Crippen molar-refractivity contribution in [1.29, 1.82) is 0 Å². The monoisotopic (exact) mass is 276 g/mol. The van der Waals surface area contributed by atoms with Crippen molar-refractivity contribution < 1.29 is 31.2 Å². The van der Waals surface area contributed by atoms with E-state index in [1.165, 1.54) is 24.3 Å². The second kappa shape index (κ2) is 7.31. The van der Waals surface area contributed by atoms with Crippen LogP contribution in [0.3, 0.4) is 0 Å². The number of quaternary nitrogens is 1. The third kappa shape index (κ3) is 5.95. The molecule has 0 bridgehead atoms. The lowest BCUT2D eigenvalue weighted by Crippen LogP contribution is -3.00. The summed E-state index contributed by atoms with van der Waals surface area (Å²) in [6, 6.07) is 5.62. The molecular formula is C12H18ClFN2O2. The first-order valence-corrected chi connectivity index (χ1v) is 5.41. The molecule has 1 rings (SSSR count). The van der Waals surface area contributed by atoms with Gasteiger partial charge in [-0.15, -0.1) is 0 Å². The van der Waals surface area contributed by atoms with Crippen LogP contribution >= 0.6 is 0 Å². The number of anilines is 1. The fourth-order valence-corrected chi connectivity index (χ4v) is 1.47. The van der Waals surface area contributed by atoms with Crippen LogP contribution in [0.2, 0.25) is 0 Å². The molecule has 0 heterocycles. The average molecular weight is 277 g/mol. The highest BCUT2D eigenvalue weighted by Gasteiger charge is 2.19. The number of aliphatic hydroxyl groups excluding tert-OH is 1. The molecule has 1 aromatic carbocycles. The average Bonchev–Trinajstić information content (AvgIpc) is 2.20. The number of amides is 1. The second-order valence-corrected chi connectivity index (χ2v) is 4.60. The van der Waals surface area contributed by atoms with Gasteiger partial charge in [0.05, 0.1) is 20.7 Å². The van der Waals surface area contributed by atoms with E-state index in [9.17, 15) is 9.18 Å². The van der Waals surface area contributed by atoms with E-state index < -0.39 is 0 Å². The maximum absolute atomic E-state index is 12.7. The molecule has 4 nitrogen and oxygen atoms in total. The Balaban J connectivity index is 0.00000289. The molecule has 102 valence electrons. The van der Waals surface area contributed by atoms with E-state index in [0.717, 1.165) is 0 Å². The summed E-state index contributed by atoms with van der Waals surface area (Å²) in [5, 5.41) is 11.5. The molecule has 0 unspecified atom stereocenters. The van der Waals surface area contributed by atoms with Gasteiger partial charge in [-0.05, 0) is 24.3 Å². The Morgan fingerprint density at radius 3 is 2.39 bits per heavy atom. The number of hydrogen-bond acceptors (Lipinski definition) is 2. The minimum Gasteiger partial charge on any atom is -1.00 e. The first kappa shape index (κ1) is 16.8. The van der Waals surface area contributed by atoms with E-state index in [-0.39, 0.29) is 37.3 Å². The van der Waals surface area contributed by atoms with Crippen LogP contribution in [0.1, 0.15) is 0 Å². The zero-order chi connectivity index (χ0) is 12.9. The Labute approximate surface area is 112 Å². The molecule has 0 radical (unpaired) electrons. The zero-order valence-electron chi connectivity index (χ0n) is 10.5. The SMILES string of the molecule is C[N+](C)(CCO)CC(=O)Nc1ccc(F)cc1.[Cl-]. The van der Waals surface area contributed by atoms with E-state index in [4.69, 9.17) is 5.11 Å². The Hall–Kier alpha value is -1.17. The van der Waals surface area contributed by atoms with Gasteiger partial charge in [0.1, 0.15) is 12.4 Å². The third-order valence-corrected chi connectivity index (χ3v) is 2.40. The molecule has 0 aliphatic heterocycles. The van der Waals surface area contributed by atoms with Gasteiger partial charge in [-0.1, -0.05) is 0 Å². The molecule has 18 heavy (non-hydrogen) atoms. The number of rotatable bonds is 5. The van der Waals surface area contributed by atoms with Crippen LogP contribution in [0.5, 0.6) is 0 Å². The van der Waals surface area contributed by atoms with Crippen LogP contribution in [0.4, 0.5) is 10.1 Å². The van der Waals surface area contributed by atoms with Crippen LogP contribution < -0.4 is 17.7 Å². The molecule has 0 aromatic heterocycles. The number of carbonyl (C=O) groups excluding carboxylic acids is 1. The third-order valence-electron chi connectivity index (χ3n) is 2.40. The van der Waals surface area contributed by atoms with E-state index in [1.54, 1.807) is 0 Å². The Morgan fingerprint density at radius 1 is 1.33 bits per heavy atom. The highest BCUT2D eigenvalue weighted by Crippen LogP contribution is 2.08. The highest BCUT2D eigenvalue weighted by molar-refractivity contribution is 5.91. The molecule has 0 saturated carbocycles. The van der Waals surface area contributed by atoms with Crippen molar-refractivity contribution in [2.24, 2.45) is 0 Å². The van der Waals surface area contributed by atoms with Crippen LogP contribution in [-0.2, 0) is 4.79 Å². The summed E-state index contributed by atoms with van der Waals surface area (Å²) in [5.41, 5.74) is 0.570. The predicted octanol–water partition coefficient (Wildman–Crippen LogP) is -2.16. The molecular weight excluding hydrogens is 259 g/mol. The van der Waals surface area contributed by atoms with E-state index >= 15 is 0 Å². The summed E-state index contributed by atoms with van der Waals surface area (Å²) in [6.45, 7) is 0.811. The van der Waals surface area contributed by atoms with Gasteiger partial charge in [0.15, 0.2) is 6.54 Å². The van der Waals surface area contributed by atoms with Crippen molar-refractivity contribution in [3.63, 3.8) is 0 Å². The maximum Gasteiger partial charge on any atom is 0.279 e. The van der Waals surface area contributed by atoms with Crippen molar-refractivity contribution in [2.75, 3.05) is 39.1 Å². The number of aliphatic hydroxyl groups is 1. The first-order valence-electron chi connectivity index (χ1n) is 5.41. The van der Waals surface area contributed by atoms with Crippen LogP contribution in [0, 0.1) is 5.82 Å². The summed E-state index contributed by atoms with van der Waals surface area (Å²) in [4.78, 5) is 11.7. The Bertz CT molecular complexity index is 382. The number of halogens is 2. The summed E-state index contributed by atoms with van der Waals surface area (Å²) >= 11 is 0. The van der Waals surface area contributed by atoms with Gasteiger partial charge in [-0.2, -0.15) is 0 Å². The lowest BCUT2D eigenvalue weighted by molar-refractivity contribution is -0.882. The van der Waals surface area contributed by atoms with Crippen LogP contribution in [0.15, 0.2) is 24.3 Å². The summed E-state index contributed by atoms with van der Waals surface area (Å²) in [6.07, 6.45) is 0. The van der Waals surface area contributed by atoms with Gasteiger partial charge < -0.3 is 27.3 Å². The lowest BCUT2D eigenvalue weighted by Gasteiger charge is -2.27. The first-order chi connectivity index (χ1) is 7.93. The van der Waals surface area contributed by atoms with Crippen molar-refractivity contribution in [3.05, 3.63) is 30.1 Å². The van der Waals surface area contributed by atoms with Crippen molar-refractivity contribution in [3.8, 4) is 0 Å². The number of benzene rings is 1. The summed E-state index contributed by atoms with van der Waals surface area (Å²) in [5.74, 6) is -0.491. The van der Waals surface area contributed by atoms with Crippen molar-refractivity contribution in [1.82, 2.24) is 0 Å². The van der Waals surface area contributed by atoms with E-state index in [1.807, 2.05) is 14.1 Å². The minimum atomic E-state index is -0.334. The number of nitrogens with zero attached hydrogens (tertiary/aromatic N) is 1. The van der Waals surface area contributed by atoms with Crippen molar-refractivity contribution >= 4 is 11.6 Å². The van der Waals surface area contributed by atoms with Crippen LogP contribution in [-0.4, -0.2) is 49.3 Å². The van der Waals surface area contributed by atoms with Gasteiger partial charge in [0, 0.05) is 5.69 Å². The topological polar surface area (TPSA) is 49.3 Å². The molecule has 1 amide bonds. The van der Waals surface area contributed by atoms with Gasteiger partial charge in [0.25, 0.3) is 5.91 Å². The lowest BCUT2D eigenvalue weighted by atomic mass is 10.3. The number of likely N-dealkylation sites (N-methyl/N-ethyl adjacent to an activating group) is 1. The molecule has 0 aliphatic rings. The Kier molecular flexibility index (Phi) is 6.83. The molecule has 1 aromatic rings. The van der Waals surface area contributed by atoms with E-state index in [2.05, 4.69) is 5.32 Å². The van der Waals surface area contributed by atoms with Gasteiger partial charge in [-0.3, -0.25) is 4.79 Å². The highest BCUT2D eigenvalue weighted by atomic mass is 35.5. The van der Waals surface area contributed by atoms with Gasteiger partial charge >= 0.3 is 0 Å². The molecule has 0 atom stereocenters. The maximum atomic E-state index is 12.7. The molecule has 2 N–H and O–H groups in total. The fourth-order valence-electron chi connectivity index (χ4n) is 1.47. The Morgan fingerprint density at radius 2 is 1.89 bits per heavy atom. The number of carbonyl (C=O) groups is 1. The standard InChI is InChI=1S/C12H17FN2O2.ClH/c1-15(2,7-8-16)9-12(17)14-11-5-3-10(13)4-6-11;/h3-6,16H,7-9H2,1-2H3;1H. The predicted molar refractivity (Wildman–Crippen MR) is 64.0 cm³/mol. The minimum absolute atomic E-state index is 0. The van der Waals surface area contributed by atoms with E-state index in [0.29, 0.717) is 16.7 Å². The molecule has 0 fully saturated rings. The normalized spacial score (nSPS) is 10.7. The zero-order valence-corrected chi connectivity index (χ0v) is 11.2. The summed E-state index contributed by atoms with van der Waals surface area (Å²) < 4.78 is 13.1. The summed E-state index contributed by atoms with van der Waals surface area (Å²) in [7, 11) is 3.72. The largest absolute Gasteiger partial charge is 1.00 e. The molecule has 0 spiro atoms. The fraction of sp³-hybridized carbons (Fsp3) is 0.417. The molecule has 0 saturated heterocycles. The van der Waals surface area contributed by atoms with Gasteiger partial charge in [0.2, 0.25) is 0 Å². The van der Waals surface area contributed by atoms with Crippen LogP contribution in [0.25, 0.3) is 0 Å². The second-order valence-electron chi connectivity index (χ2n) is 4.60. The van der Waals surface area contributed by atoms with Gasteiger partial charge in [-0.25, -0.2) is 4.39 Å². The van der Waals surface area contributed by atoms with Crippen molar-refractivity contribution in [2.45, 2.75) is 0 Å².